The van der Waals surface area contributed by atoms with Gasteiger partial charge in [0.25, 0.3) is 0 Å². The second kappa shape index (κ2) is 6.71. The van der Waals surface area contributed by atoms with Gasteiger partial charge in [-0.15, -0.1) is 0 Å². The van der Waals surface area contributed by atoms with E-state index in [1.807, 2.05) is 0 Å². The maximum atomic E-state index is 11.9. The van der Waals surface area contributed by atoms with Crippen LogP contribution in [0, 0.1) is 0 Å². The molecule has 20 heavy (non-hydrogen) atoms. The summed E-state index contributed by atoms with van der Waals surface area (Å²) in [6.07, 6.45) is 0. The minimum atomic E-state index is -3.70. The first-order valence-electron chi connectivity index (χ1n) is 5.64. The molecule has 0 aliphatic carbocycles. The molecular formula is C12H14ClNO5S. The first kappa shape index (κ1) is 16.5. The standard InChI is InChI=1S/C12H14ClNO5S/c1-8(15)14-11(12(16)17)7-20(18,19)6-9-3-2-4-10(13)5-9/h2-5,11H,6-7H2,1H3,(H,14,15)(H,16,17). The number of benzene rings is 1. The summed E-state index contributed by atoms with van der Waals surface area (Å²) in [7, 11) is -3.70. The van der Waals surface area contributed by atoms with Gasteiger partial charge in [0.05, 0.1) is 11.5 Å². The maximum Gasteiger partial charge on any atom is 0.327 e. The van der Waals surface area contributed by atoms with Gasteiger partial charge in [-0.25, -0.2) is 13.2 Å². The lowest BCUT2D eigenvalue weighted by molar-refractivity contribution is -0.140. The maximum absolute atomic E-state index is 11.9. The molecule has 0 aliphatic rings. The molecule has 2 N–H and O–H groups in total. The zero-order chi connectivity index (χ0) is 15.3. The zero-order valence-electron chi connectivity index (χ0n) is 10.7. The van der Waals surface area contributed by atoms with Gasteiger partial charge in [-0.1, -0.05) is 23.7 Å². The Bertz CT molecular complexity index is 614. The van der Waals surface area contributed by atoms with Crippen LogP contribution in [0.3, 0.4) is 0 Å². The molecule has 0 bridgehead atoms. The van der Waals surface area contributed by atoms with Crippen molar-refractivity contribution in [3.8, 4) is 0 Å². The quantitative estimate of drug-likeness (QED) is 0.809. The number of hydrogen-bond donors (Lipinski definition) is 2. The molecule has 0 saturated carbocycles. The second-order valence-corrected chi connectivity index (χ2v) is 6.82. The number of carbonyl (C=O) groups is 2. The molecule has 1 unspecified atom stereocenters. The minimum absolute atomic E-state index is 0.336. The van der Waals surface area contributed by atoms with Gasteiger partial charge in [-0.3, -0.25) is 4.79 Å². The van der Waals surface area contributed by atoms with Crippen LogP contribution < -0.4 is 5.32 Å². The minimum Gasteiger partial charge on any atom is -0.480 e. The fraction of sp³-hybridized carbons (Fsp3) is 0.333. The van der Waals surface area contributed by atoms with Crippen molar-refractivity contribution in [1.82, 2.24) is 5.32 Å². The molecule has 1 atom stereocenters. The third-order valence-electron chi connectivity index (χ3n) is 2.37. The van der Waals surface area contributed by atoms with E-state index in [0.717, 1.165) is 6.92 Å². The van der Waals surface area contributed by atoms with Crippen LogP contribution in [0.25, 0.3) is 0 Å². The van der Waals surface area contributed by atoms with Gasteiger partial charge >= 0.3 is 5.97 Å². The number of hydrogen-bond acceptors (Lipinski definition) is 4. The summed E-state index contributed by atoms with van der Waals surface area (Å²) in [6, 6.07) is 4.83. The van der Waals surface area contributed by atoms with E-state index < -0.39 is 33.5 Å². The molecule has 1 amide bonds. The Labute approximate surface area is 121 Å². The van der Waals surface area contributed by atoms with E-state index in [9.17, 15) is 18.0 Å². The number of rotatable bonds is 6. The molecule has 0 aliphatic heterocycles. The Hall–Kier alpha value is -1.60. The van der Waals surface area contributed by atoms with Crippen LogP contribution in [-0.4, -0.2) is 37.2 Å². The highest BCUT2D eigenvalue weighted by molar-refractivity contribution is 7.90. The second-order valence-electron chi connectivity index (χ2n) is 4.28. The molecular weight excluding hydrogens is 306 g/mol. The van der Waals surface area contributed by atoms with Gasteiger partial charge in [0.15, 0.2) is 9.84 Å². The monoisotopic (exact) mass is 319 g/mol. The highest BCUT2D eigenvalue weighted by atomic mass is 35.5. The summed E-state index contributed by atoms with van der Waals surface area (Å²) in [6.45, 7) is 1.12. The van der Waals surface area contributed by atoms with Crippen molar-refractivity contribution in [2.75, 3.05) is 5.75 Å². The number of halogens is 1. The van der Waals surface area contributed by atoms with E-state index >= 15 is 0 Å². The van der Waals surface area contributed by atoms with Crippen LogP contribution in [0.2, 0.25) is 5.02 Å². The van der Waals surface area contributed by atoms with E-state index in [0.29, 0.717) is 10.6 Å². The average Bonchev–Trinajstić information content (AvgIpc) is 2.26. The highest BCUT2D eigenvalue weighted by Crippen LogP contribution is 2.14. The first-order chi connectivity index (χ1) is 9.19. The molecule has 0 fully saturated rings. The van der Waals surface area contributed by atoms with Gasteiger partial charge in [0.1, 0.15) is 6.04 Å². The van der Waals surface area contributed by atoms with Crippen LogP contribution in [0.4, 0.5) is 0 Å². The summed E-state index contributed by atoms with van der Waals surface area (Å²) in [5, 5.41) is 11.4. The molecule has 1 aromatic rings. The lowest BCUT2D eigenvalue weighted by Gasteiger charge is -2.13. The summed E-state index contributed by atoms with van der Waals surface area (Å²) >= 11 is 5.75. The molecule has 0 radical (unpaired) electrons. The predicted octanol–water partition coefficient (Wildman–Crippen LogP) is 0.844. The van der Waals surface area contributed by atoms with Gasteiger partial charge in [0.2, 0.25) is 5.91 Å². The Morgan fingerprint density at radius 1 is 1.40 bits per heavy atom. The number of sulfone groups is 1. The van der Waals surface area contributed by atoms with Crippen molar-refractivity contribution < 1.29 is 23.1 Å². The summed E-state index contributed by atoms with van der Waals surface area (Å²) in [5.74, 6) is -3.00. The van der Waals surface area contributed by atoms with Crippen LogP contribution in [-0.2, 0) is 25.2 Å². The Kier molecular flexibility index (Phi) is 5.52. The Balaban J connectivity index is 2.82. The number of carboxylic acids is 1. The summed E-state index contributed by atoms with van der Waals surface area (Å²) in [4.78, 5) is 21.8. The lowest BCUT2D eigenvalue weighted by atomic mass is 10.2. The fourth-order valence-corrected chi connectivity index (χ4v) is 3.37. The molecule has 110 valence electrons. The van der Waals surface area contributed by atoms with Crippen LogP contribution in [0.15, 0.2) is 24.3 Å². The largest absolute Gasteiger partial charge is 0.480 e. The number of amides is 1. The van der Waals surface area contributed by atoms with Crippen molar-refractivity contribution in [1.29, 1.82) is 0 Å². The van der Waals surface area contributed by atoms with Crippen molar-refractivity contribution in [3.05, 3.63) is 34.9 Å². The molecule has 6 nitrogen and oxygen atoms in total. The Morgan fingerprint density at radius 3 is 2.55 bits per heavy atom. The molecule has 8 heteroatoms. The Morgan fingerprint density at radius 2 is 2.05 bits per heavy atom. The van der Waals surface area contributed by atoms with Crippen LogP contribution in [0.1, 0.15) is 12.5 Å². The van der Waals surface area contributed by atoms with Gasteiger partial charge < -0.3 is 10.4 Å². The van der Waals surface area contributed by atoms with E-state index in [1.165, 1.54) is 6.07 Å². The number of aliphatic carboxylic acids is 1. The molecule has 0 spiro atoms. The van der Waals surface area contributed by atoms with Gasteiger partial charge in [0, 0.05) is 11.9 Å². The lowest BCUT2D eigenvalue weighted by Crippen LogP contribution is -2.44. The topological polar surface area (TPSA) is 101 Å². The van der Waals surface area contributed by atoms with Crippen molar-refractivity contribution >= 4 is 33.3 Å². The van der Waals surface area contributed by atoms with Crippen molar-refractivity contribution in [2.24, 2.45) is 0 Å². The first-order valence-corrected chi connectivity index (χ1v) is 7.84. The number of nitrogens with one attached hydrogen (secondary N) is 1. The van der Waals surface area contributed by atoms with Gasteiger partial charge in [-0.05, 0) is 17.7 Å². The van der Waals surface area contributed by atoms with Crippen molar-refractivity contribution in [2.45, 2.75) is 18.7 Å². The third-order valence-corrected chi connectivity index (χ3v) is 4.22. The van der Waals surface area contributed by atoms with E-state index in [2.05, 4.69) is 5.32 Å². The van der Waals surface area contributed by atoms with Crippen LogP contribution >= 0.6 is 11.6 Å². The predicted molar refractivity (Wildman–Crippen MR) is 74.2 cm³/mol. The summed E-state index contributed by atoms with van der Waals surface area (Å²) < 4.78 is 23.9. The van der Waals surface area contributed by atoms with Gasteiger partial charge in [-0.2, -0.15) is 0 Å². The highest BCUT2D eigenvalue weighted by Gasteiger charge is 2.26. The fourth-order valence-electron chi connectivity index (χ4n) is 1.61. The molecule has 1 rings (SSSR count). The molecule has 1 aromatic carbocycles. The van der Waals surface area contributed by atoms with E-state index in [-0.39, 0.29) is 5.75 Å². The third kappa shape index (κ3) is 5.58. The smallest absolute Gasteiger partial charge is 0.327 e. The zero-order valence-corrected chi connectivity index (χ0v) is 12.2. The summed E-state index contributed by atoms with van der Waals surface area (Å²) in [5.41, 5.74) is 0.462. The van der Waals surface area contributed by atoms with Crippen molar-refractivity contribution in [3.63, 3.8) is 0 Å². The van der Waals surface area contributed by atoms with E-state index in [1.54, 1.807) is 18.2 Å². The number of carboxylic acid groups (broad SMARTS) is 1. The normalized spacial score (nSPS) is 12.7. The SMILES string of the molecule is CC(=O)NC(CS(=O)(=O)Cc1cccc(Cl)c1)C(=O)O. The molecule has 0 heterocycles. The van der Waals surface area contributed by atoms with Crippen LogP contribution in [0.5, 0.6) is 0 Å². The average molecular weight is 320 g/mol. The molecule has 0 saturated heterocycles. The van der Waals surface area contributed by atoms with E-state index in [4.69, 9.17) is 16.7 Å². The molecule has 0 aromatic heterocycles. The number of carbonyl (C=O) groups excluding carboxylic acids is 1.